The Morgan fingerprint density at radius 2 is 0.843 bits per heavy atom. The monoisotopic (exact) mass is 753 g/mol. The van der Waals surface area contributed by atoms with E-state index in [0.717, 1.165) is 45.0 Å². The van der Waals surface area contributed by atoms with Crippen LogP contribution in [-0.4, -0.2) is 61.7 Å². The maximum Gasteiger partial charge on any atom is 2.00 e. The van der Waals surface area contributed by atoms with Crippen LogP contribution in [0.25, 0.3) is 33.9 Å². The average molecular weight is 754 g/mol. The predicted molar refractivity (Wildman–Crippen MR) is 195 cm³/mol. The Kier molecular flexibility index (Phi) is 11.3. The normalized spacial score (nSPS) is 11.0. The van der Waals surface area contributed by atoms with Gasteiger partial charge in [0.25, 0.3) is 0 Å². The number of hydrogen-bond donors (Lipinski definition) is 0. The van der Waals surface area contributed by atoms with Gasteiger partial charge in [0.1, 0.15) is 24.0 Å². The zero-order chi connectivity index (χ0) is 34.1. The molecule has 0 fully saturated rings. The number of rotatable bonds is 8. The second-order valence-electron chi connectivity index (χ2n) is 10.6. The van der Waals surface area contributed by atoms with Gasteiger partial charge in [0.05, 0.1) is 23.8 Å². The Balaban J connectivity index is 0.000000172. The van der Waals surface area contributed by atoms with Crippen LogP contribution in [0.1, 0.15) is 11.1 Å². The molecule has 8 rings (SSSR count). The fourth-order valence-electron chi connectivity index (χ4n) is 4.88. The summed E-state index contributed by atoms with van der Waals surface area (Å²) in [4.78, 5) is 0. The maximum atomic E-state index is 5.06. The fourth-order valence-corrected chi connectivity index (χ4v) is 5.16. The van der Waals surface area contributed by atoms with Crippen LogP contribution in [0, 0.1) is 0 Å². The minimum atomic E-state index is 0. The van der Waals surface area contributed by atoms with E-state index in [1.54, 1.807) is 12.4 Å². The van der Waals surface area contributed by atoms with E-state index < -0.39 is 0 Å². The summed E-state index contributed by atoms with van der Waals surface area (Å²) >= 11 is 10.1. The first kappa shape index (κ1) is 34.7. The number of hydrogen-bond acceptors (Lipinski definition) is 10. The van der Waals surface area contributed by atoms with E-state index in [1.165, 1.54) is 22.0 Å². The molecule has 4 aromatic carbocycles. The number of para-hydroxylation sites is 2. The Labute approximate surface area is 314 Å². The van der Waals surface area contributed by atoms with Gasteiger partial charge in [-0.2, -0.15) is 30.6 Å². The van der Waals surface area contributed by atoms with Crippen molar-refractivity contribution >= 4 is 37.7 Å². The van der Waals surface area contributed by atoms with E-state index in [4.69, 9.17) is 35.5 Å². The van der Waals surface area contributed by atoms with Crippen molar-refractivity contribution in [1.82, 2.24) is 49.3 Å². The summed E-state index contributed by atoms with van der Waals surface area (Å²) < 4.78 is 6.57. The summed E-state index contributed by atoms with van der Waals surface area (Å²) in [6.07, 6.45) is 10.3. The molecule has 0 atom stereocenters. The zero-order valence-electron chi connectivity index (χ0n) is 26.5. The van der Waals surface area contributed by atoms with E-state index in [-0.39, 0.29) is 17.1 Å². The van der Waals surface area contributed by atoms with Crippen molar-refractivity contribution in [3.05, 3.63) is 158 Å². The molecule has 0 aliphatic heterocycles. The van der Waals surface area contributed by atoms with E-state index in [9.17, 15) is 0 Å². The SMILES string of the molecule is [Cu+2].[S-]c1nncn1/N=C/c1cn(-c2ccccc2)nc1-c1ccccc1.[S-]c1nncn1/N=C/c1cn(-c2ccccc2)nc1-c1ccccc1. The van der Waals surface area contributed by atoms with Crippen molar-refractivity contribution in [3.63, 3.8) is 0 Å². The van der Waals surface area contributed by atoms with Gasteiger partial charge >= 0.3 is 17.1 Å². The first-order valence-corrected chi connectivity index (χ1v) is 16.1. The van der Waals surface area contributed by atoms with Crippen molar-refractivity contribution in [3.8, 4) is 33.9 Å². The first-order chi connectivity index (χ1) is 24.6. The Hall–Kier alpha value is -6.12. The molecule has 253 valence electrons. The van der Waals surface area contributed by atoms with Gasteiger partial charge in [-0.3, -0.25) is 0 Å². The number of benzene rings is 4. The Morgan fingerprint density at radius 3 is 1.18 bits per heavy atom. The summed E-state index contributed by atoms with van der Waals surface area (Å²) in [7, 11) is 0. The molecule has 0 unspecified atom stereocenters. The molecule has 4 heterocycles. The van der Waals surface area contributed by atoms with Gasteiger partial charge in [-0.05, 0) is 24.3 Å². The van der Waals surface area contributed by atoms with Crippen LogP contribution in [0.2, 0.25) is 0 Å². The molecule has 1 radical (unpaired) electrons. The molecule has 0 N–H and O–H groups in total. The van der Waals surface area contributed by atoms with E-state index >= 15 is 0 Å². The van der Waals surface area contributed by atoms with Gasteiger partial charge in [0.2, 0.25) is 0 Å². The minimum absolute atomic E-state index is 0. The van der Waals surface area contributed by atoms with Crippen LogP contribution in [0.5, 0.6) is 0 Å². The molecule has 0 amide bonds. The molecule has 0 aliphatic rings. The molecular formula is C36H26CuN12S2. The smallest absolute Gasteiger partial charge is 0.738 e. The fraction of sp³-hybridized carbons (Fsp3) is 0. The molecule has 0 spiro atoms. The molecule has 12 nitrogen and oxygen atoms in total. The van der Waals surface area contributed by atoms with Crippen LogP contribution in [0.4, 0.5) is 0 Å². The van der Waals surface area contributed by atoms with E-state index in [1.807, 2.05) is 143 Å². The summed E-state index contributed by atoms with van der Waals surface area (Å²) in [5.41, 5.74) is 7.41. The van der Waals surface area contributed by atoms with Crippen LogP contribution in [0.3, 0.4) is 0 Å². The minimum Gasteiger partial charge on any atom is -0.738 e. The van der Waals surface area contributed by atoms with Crippen molar-refractivity contribution in [2.24, 2.45) is 10.2 Å². The topological polar surface area (TPSA) is 122 Å². The molecule has 4 aromatic heterocycles. The zero-order valence-corrected chi connectivity index (χ0v) is 29.1. The van der Waals surface area contributed by atoms with Crippen LogP contribution in [-0.2, 0) is 42.3 Å². The molecule has 0 saturated heterocycles. The van der Waals surface area contributed by atoms with Gasteiger partial charge in [-0.1, -0.05) is 97.1 Å². The standard InChI is InChI=1S/2C18H14N6S.Cu/c2*25-18-21-19-13-24(18)20-11-15-12-23(16-9-5-2-6-10-16)22-17(15)14-7-3-1-4-8-14;/h2*1-13H,(H,21,25);/q;;+2/p-2/b2*20-11+;. The van der Waals surface area contributed by atoms with Gasteiger partial charge in [-0.15, -0.1) is 10.2 Å². The van der Waals surface area contributed by atoms with Gasteiger partial charge in [0, 0.05) is 45.0 Å². The van der Waals surface area contributed by atoms with Crippen LogP contribution in [0.15, 0.2) is 167 Å². The second kappa shape index (κ2) is 16.5. The third-order valence-electron chi connectivity index (χ3n) is 7.26. The summed E-state index contributed by atoms with van der Waals surface area (Å²) in [5, 5.41) is 33.8. The Bertz CT molecular complexity index is 2180. The summed E-state index contributed by atoms with van der Waals surface area (Å²) in [6, 6.07) is 39.9. The third kappa shape index (κ3) is 8.37. The molecule has 0 bridgehead atoms. The number of nitrogens with zero attached hydrogens (tertiary/aromatic N) is 12. The summed E-state index contributed by atoms with van der Waals surface area (Å²) in [6.45, 7) is 0. The van der Waals surface area contributed by atoms with E-state index in [2.05, 4.69) is 30.6 Å². The largest absolute Gasteiger partial charge is 2.00 e. The molecular weight excluding hydrogens is 728 g/mol. The first-order valence-electron chi connectivity index (χ1n) is 15.3. The third-order valence-corrected chi connectivity index (χ3v) is 7.80. The van der Waals surface area contributed by atoms with Crippen molar-refractivity contribution in [1.29, 1.82) is 0 Å². The van der Waals surface area contributed by atoms with Gasteiger partial charge in [-0.25, -0.2) is 18.7 Å². The predicted octanol–water partition coefficient (Wildman–Crippen LogP) is 5.84. The number of aromatic nitrogens is 10. The molecule has 0 aliphatic carbocycles. The van der Waals surface area contributed by atoms with Crippen molar-refractivity contribution < 1.29 is 17.1 Å². The molecule has 15 heteroatoms. The molecule has 0 saturated carbocycles. The molecule has 51 heavy (non-hydrogen) atoms. The second-order valence-corrected chi connectivity index (χ2v) is 11.3. The van der Waals surface area contributed by atoms with Crippen LogP contribution >= 0.6 is 0 Å². The quantitative estimate of drug-likeness (QED) is 0.108. The maximum absolute atomic E-state index is 5.06. The van der Waals surface area contributed by atoms with E-state index in [0.29, 0.717) is 10.3 Å². The van der Waals surface area contributed by atoms with Crippen LogP contribution < -0.4 is 0 Å². The van der Waals surface area contributed by atoms with Crippen molar-refractivity contribution in [2.75, 3.05) is 0 Å². The summed E-state index contributed by atoms with van der Waals surface area (Å²) in [5.74, 6) is 0. The average Bonchev–Trinajstić information content (AvgIpc) is 3.99. The molecule has 8 aromatic rings. The van der Waals surface area contributed by atoms with Gasteiger partial charge in [0.15, 0.2) is 0 Å². The Morgan fingerprint density at radius 1 is 0.490 bits per heavy atom. The van der Waals surface area contributed by atoms with Gasteiger partial charge < -0.3 is 25.3 Å². The van der Waals surface area contributed by atoms with Crippen molar-refractivity contribution in [2.45, 2.75) is 10.3 Å².